The Morgan fingerprint density at radius 1 is 0.962 bits per heavy atom. The lowest BCUT2D eigenvalue weighted by Crippen LogP contribution is -2.13. The number of ether oxygens (including phenoxy) is 1. The van der Waals surface area contributed by atoms with Gasteiger partial charge in [0, 0.05) is 0 Å². The number of H-pyrrole nitrogens is 1. The van der Waals surface area contributed by atoms with Crippen LogP contribution in [0.3, 0.4) is 0 Å². The number of nitrogens with one attached hydrogen (secondary N) is 2. The van der Waals surface area contributed by atoms with Crippen LogP contribution in [0, 0.1) is 0 Å². The lowest BCUT2D eigenvalue weighted by atomic mass is 10.1. The monoisotopic (exact) mass is 365 g/mol. The molecule has 0 atom stereocenters. The van der Waals surface area contributed by atoms with Crippen LogP contribution in [0.4, 0.5) is 5.82 Å². The summed E-state index contributed by atoms with van der Waals surface area (Å²) in [4.78, 5) is 15.3. The minimum Gasteiger partial charge on any atom is -0.492 e. The van der Waals surface area contributed by atoms with Crippen molar-refractivity contribution in [3.05, 3.63) is 66.2 Å². The molecule has 0 radical (unpaired) electrons. The van der Waals surface area contributed by atoms with Gasteiger partial charge in [0.2, 0.25) is 5.28 Å². The zero-order chi connectivity index (χ0) is 17.8. The first kappa shape index (κ1) is 16.4. The second kappa shape index (κ2) is 7.41. The first-order valence-electron chi connectivity index (χ1n) is 8.18. The molecule has 2 heterocycles. The first-order valence-corrected chi connectivity index (χ1v) is 8.56. The van der Waals surface area contributed by atoms with Crippen LogP contribution in [0.2, 0.25) is 5.28 Å². The van der Waals surface area contributed by atoms with E-state index < -0.39 is 0 Å². The van der Waals surface area contributed by atoms with Crippen molar-refractivity contribution in [1.29, 1.82) is 0 Å². The number of nitrogens with zero attached hydrogens (tertiary/aromatic N) is 3. The molecule has 0 spiro atoms. The normalized spacial score (nSPS) is 10.8. The summed E-state index contributed by atoms with van der Waals surface area (Å²) in [6.07, 6.45) is 1.56. The van der Waals surface area contributed by atoms with Crippen molar-refractivity contribution in [1.82, 2.24) is 19.9 Å². The molecule has 0 amide bonds. The Balaban J connectivity index is 1.34. The molecule has 0 unspecified atom stereocenters. The highest BCUT2D eigenvalue weighted by atomic mass is 35.5. The lowest BCUT2D eigenvalue weighted by Gasteiger charge is -2.09. The summed E-state index contributed by atoms with van der Waals surface area (Å²) >= 11 is 5.91. The number of imidazole rings is 1. The summed E-state index contributed by atoms with van der Waals surface area (Å²) in [7, 11) is 0. The van der Waals surface area contributed by atoms with Gasteiger partial charge in [0.05, 0.1) is 12.9 Å². The third kappa shape index (κ3) is 3.60. The van der Waals surface area contributed by atoms with Gasteiger partial charge in [-0.1, -0.05) is 42.5 Å². The molecule has 4 aromatic rings. The molecular formula is C19H16ClN5O. The predicted octanol–water partition coefficient (Wildman–Crippen LogP) is 4.16. The average Bonchev–Trinajstić information content (AvgIpc) is 3.15. The molecule has 7 heteroatoms. The molecule has 2 aromatic heterocycles. The van der Waals surface area contributed by atoms with E-state index in [-0.39, 0.29) is 5.28 Å². The van der Waals surface area contributed by atoms with Crippen molar-refractivity contribution in [3.8, 4) is 16.9 Å². The third-order valence-corrected chi connectivity index (χ3v) is 4.05. The van der Waals surface area contributed by atoms with E-state index in [1.54, 1.807) is 6.33 Å². The largest absolute Gasteiger partial charge is 0.492 e. The van der Waals surface area contributed by atoms with Gasteiger partial charge in [-0.05, 0) is 34.9 Å². The summed E-state index contributed by atoms with van der Waals surface area (Å²) in [5.74, 6) is 1.43. The Kier molecular flexibility index (Phi) is 4.66. The van der Waals surface area contributed by atoms with E-state index in [1.807, 2.05) is 30.3 Å². The maximum atomic E-state index is 5.91. The number of fused-ring (bicyclic) bond motifs is 1. The maximum Gasteiger partial charge on any atom is 0.226 e. The summed E-state index contributed by atoms with van der Waals surface area (Å²) in [6, 6.07) is 18.3. The minimum atomic E-state index is 0.157. The Bertz CT molecular complexity index is 1000. The number of aromatic amines is 1. The fraction of sp³-hybridized carbons (Fsp3) is 0.105. The Hall–Kier alpha value is -3.12. The number of hydrogen-bond acceptors (Lipinski definition) is 5. The molecule has 0 bridgehead atoms. The van der Waals surface area contributed by atoms with Crippen molar-refractivity contribution in [3.63, 3.8) is 0 Å². The topological polar surface area (TPSA) is 75.7 Å². The van der Waals surface area contributed by atoms with Crippen molar-refractivity contribution in [2.45, 2.75) is 0 Å². The average molecular weight is 366 g/mol. The van der Waals surface area contributed by atoms with Gasteiger partial charge >= 0.3 is 0 Å². The van der Waals surface area contributed by atoms with Crippen molar-refractivity contribution >= 4 is 28.6 Å². The SMILES string of the molecule is Clc1nc(NCCOc2ccc(-c3ccccc3)cc2)c2[nH]cnc2n1. The molecule has 0 fully saturated rings. The van der Waals surface area contributed by atoms with Gasteiger partial charge in [-0.3, -0.25) is 0 Å². The highest BCUT2D eigenvalue weighted by molar-refractivity contribution is 6.28. The first-order chi connectivity index (χ1) is 12.8. The highest BCUT2D eigenvalue weighted by Gasteiger charge is 2.08. The molecular weight excluding hydrogens is 350 g/mol. The van der Waals surface area contributed by atoms with E-state index in [0.29, 0.717) is 24.6 Å². The summed E-state index contributed by atoms with van der Waals surface area (Å²) in [6.45, 7) is 1.06. The molecule has 0 aliphatic heterocycles. The molecule has 0 saturated carbocycles. The highest BCUT2D eigenvalue weighted by Crippen LogP contribution is 2.22. The molecule has 2 N–H and O–H groups in total. The van der Waals surface area contributed by atoms with Gasteiger partial charge in [0.1, 0.15) is 17.9 Å². The minimum absolute atomic E-state index is 0.157. The maximum absolute atomic E-state index is 5.91. The smallest absolute Gasteiger partial charge is 0.226 e. The van der Waals surface area contributed by atoms with Crippen LogP contribution in [0.15, 0.2) is 60.9 Å². The molecule has 0 aliphatic rings. The second-order valence-corrected chi connectivity index (χ2v) is 5.95. The predicted molar refractivity (Wildman–Crippen MR) is 103 cm³/mol. The van der Waals surface area contributed by atoms with E-state index in [1.165, 1.54) is 5.56 Å². The van der Waals surface area contributed by atoms with Crippen LogP contribution in [-0.2, 0) is 0 Å². The summed E-state index contributed by atoms with van der Waals surface area (Å²) in [5, 5.41) is 3.35. The van der Waals surface area contributed by atoms with E-state index >= 15 is 0 Å². The number of halogens is 1. The van der Waals surface area contributed by atoms with Crippen LogP contribution in [0.25, 0.3) is 22.3 Å². The van der Waals surface area contributed by atoms with Crippen molar-refractivity contribution in [2.24, 2.45) is 0 Å². The van der Waals surface area contributed by atoms with Crippen LogP contribution < -0.4 is 10.1 Å². The number of benzene rings is 2. The fourth-order valence-electron chi connectivity index (χ4n) is 2.65. The standard InChI is InChI=1S/C19H16ClN5O/c20-19-24-17(16-18(25-19)23-12-22-16)21-10-11-26-15-8-6-14(7-9-15)13-4-2-1-3-5-13/h1-9,12H,10-11H2,(H2,21,22,23,24,25). The zero-order valence-electron chi connectivity index (χ0n) is 13.8. The summed E-state index contributed by atoms with van der Waals surface area (Å²) in [5.41, 5.74) is 3.60. The number of anilines is 1. The zero-order valence-corrected chi connectivity index (χ0v) is 14.6. The van der Waals surface area contributed by atoms with Gasteiger partial charge in [0.25, 0.3) is 0 Å². The van der Waals surface area contributed by atoms with Gasteiger partial charge in [0.15, 0.2) is 11.5 Å². The second-order valence-electron chi connectivity index (χ2n) is 5.61. The molecule has 2 aromatic carbocycles. The third-order valence-electron chi connectivity index (χ3n) is 3.88. The summed E-state index contributed by atoms with van der Waals surface area (Å²) < 4.78 is 5.78. The molecule has 26 heavy (non-hydrogen) atoms. The van der Waals surface area contributed by atoms with Crippen LogP contribution >= 0.6 is 11.6 Å². The number of aromatic nitrogens is 4. The molecule has 130 valence electrons. The number of hydrogen-bond donors (Lipinski definition) is 2. The van der Waals surface area contributed by atoms with Crippen molar-refractivity contribution in [2.75, 3.05) is 18.5 Å². The van der Waals surface area contributed by atoms with Crippen LogP contribution in [-0.4, -0.2) is 33.1 Å². The Labute approximate surface area is 155 Å². The quantitative estimate of drug-likeness (QED) is 0.396. The van der Waals surface area contributed by atoms with Gasteiger partial charge in [-0.15, -0.1) is 0 Å². The molecule has 4 rings (SSSR count). The van der Waals surface area contributed by atoms with Gasteiger partial charge in [-0.2, -0.15) is 9.97 Å². The Morgan fingerprint density at radius 3 is 2.54 bits per heavy atom. The van der Waals surface area contributed by atoms with E-state index in [9.17, 15) is 0 Å². The number of rotatable bonds is 6. The lowest BCUT2D eigenvalue weighted by molar-refractivity contribution is 0.333. The van der Waals surface area contributed by atoms with E-state index in [0.717, 1.165) is 16.8 Å². The van der Waals surface area contributed by atoms with Gasteiger partial charge < -0.3 is 15.0 Å². The molecule has 0 aliphatic carbocycles. The van der Waals surface area contributed by atoms with E-state index in [4.69, 9.17) is 16.3 Å². The van der Waals surface area contributed by atoms with Crippen LogP contribution in [0.1, 0.15) is 0 Å². The van der Waals surface area contributed by atoms with Crippen molar-refractivity contribution < 1.29 is 4.74 Å². The van der Waals surface area contributed by atoms with E-state index in [2.05, 4.69) is 49.5 Å². The molecule has 6 nitrogen and oxygen atoms in total. The van der Waals surface area contributed by atoms with Crippen LogP contribution in [0.5, 0.6) is 5.75 Å². The Morgan fingerprint density at radius 2 is 1.73 bits per heavy atom. The molecule has 0 saturated heterocycles. The van der Waals surface area contributed by atoms with Gasteiger partial charge in [-0.25, -0.2) is 4.98 Å². The fourth-order valence-corrected chi connectivity index (χ4v) is 2.81.